The Kier molecular flexibility index (Phi) is 2.98. The van der Waals surface area contributed by atoms with Gasteiger partial charge in [0.05, 0.1) is 5.00 Å². The van der Waals surface area contributed by atoms with Crippen LogP contribution in [0.2, 0.25) is 0 Å². The van der Waals surface area contributed by atoms with Crippen LogP contribution < -0.4 is 5.32 Å². The Bertz CT molecular complexity index is 528. The number of carbonyl (C=O) groups is 1. The van der Waals surface area contributed by atoms with E-state index >= 15 is 0 Å². The van der Waals surface area contributed by atoms with Crippen molar-refractivity contribution in [3.05, 3.63) is 23.1 Å². The van der Waals surface area contributed by atoms with Gasteiger partial charge in [-0.1, -0.05) is 0 Å². The first-order valence-corrected chi connectivity index (χ1v) is 6.42. The Morgan fingerprint density at radius 2 is 2.19 bits per heavy atom. The maximum absolute atomic E-state index is 10.9. The van der Waals surface area contributed by atoms with Crippen molar-refractivity contribution in [3.63, 3.8) is 0 Å². The molecule has 0 aliphatic heterocycles. The zero-order chi connectivity index (χ0) is 11.7. The Labute approximate surface area is 101 Å². The molecule has 0 saturated carbocycles. The molecule has 0 saturated heterocycles. The molecule has 0 bridgehead atoms. The Morgan fingerprint density at radius 1 is 1.44 bits per heavy atom. The number of aryl methyl sites for hydroxylation is 1. The third-order valence-electron chi connectivity index (χ3n) is 2.06. The normalized spacial score (nSPS) is 10.4. The van der Waals surface area contributed by atoms with E-state index in [1.54, 1.807) is 6.07 Å². The van der Waals surface area contributed by atoms with Gasteiger partial charge >= 0.3 is 0 Å². The van der Waals surface area contributed by atoms with Gasteiger partial charge in [0.15, 0.2) is 5.06 Å². The minimum atomic E-state index is -0.0686. The molecule has 0 aliphatic rings. The molecule has 0 aliphatic carbocycles. The largest absolute Gasteiger partial charge is 0.499 e. The van der Waals surface area contributed by atoms with Crippen LogP contribution in [0.15, 0.2) is 17.5 Å². The quantitative estimate of drug-likeness (QED) is 0.861. The van der Waals surface area contributed by atoms with Crippen molar-refractivity contribution in [1.82, 2.24) is 0 Å². The third kappa shape index (κ3) is 2.25. The molecular weight excluding hydrogens is 242 g/mol. The number of aromatic hydroxyl groups is 1. The molecule has 1 amide bonds. The second-order valence-electron chi connectivity index (χ2n) is 3.48. The van der Waals surface area contributed by atoms with E-state index in [9.17, 15) is 9.90 Å². The van der Waals surface area contributed by atoms with Gasteiger partial charge in [-0.05, 0) is 18.6 Å². The average Bonchev–Trinajstić information content (AvgIpc) is 2.72. The summed E-state index contributed by atoms with van der Waals surface area (Å²) in [6, 6.07) is 3.68. The van der Waals surface area contributed by atoms with Crippen LogP contribution >= 0.6 is 22.7 Å². The smallest absolute Gasteiger partial charge is 0.221 e. The first kappa shape index (κ1) is 11.2. The van der Waals surface area contributed by atoms with Gasteiger partial charge in [-0.2, -0.15) is 0 Å². The SMILES string of the molecule is CC(=O)Nc1cc(C)c(-c2csc(O)c2)s1. The van der Waals surface area contributed by atoms with Gasteiger partial charge in [0.1, 0.15) is 0 Å². The van der Waals surface area contributed by atoms with E-state index in [1.165, 1.54) is 29.6 Å². The molecule has 2 rings (SSSR count). The minimum Gasteiger partial charge on any atom is -0.499 e. The summed E-state index contributed by atoms with van der Waals surface area (Å²) in [6.45, 7) is 3.48. The highest BCUT2D eigenvalue weighted by Crippen LogP contribution is 2.38. The van der Waals surface area contributed by atoms with Crippen LogP contribution in [-0.2, 0) is 4.79 Å². The number of nitrogens with one attached hydrogen (secondary N) is 1. The fourth-order valence-corrected chi connectivity index (χ4v) is 3.26. The van der Waals surface area contributed by atoms with Crippen LogP contribution in [-0.4, -0.2) is 11.0 Å². The van der Waals surface area contributed by atoms with Crippen LogP contribution in [0.25, 0.3) is 10.4 Å². The lowest BCUT2D eigenvalue weighted by Gasteiger charge is -1.94. The topological polar surface area (TPSA) is 49.3 Å². The van der Waals surface area contributed by atoms with Crippen molar-refractivity contribution in [2.75, 3.05) is 5.32 Å². The minimum absolute atomic E-state index is 0.0686. The van der Waals surface area contributed by atoms with E-state index in [4.69, 9.17) is 0 Å². The lowest BCUT2D eigenvalue weighted by atomic mass is 10.2. The van der Waals surface area contributed by atoms with Crippen molar-refractivity contribution in [3.8, 4) is 15.5 Å². The van der Waals surface area contributed by atoms with Crippen molar-refractivity contribution in [1.29, 1.82) is 0 Å². The van der Waals surface area contributed by atoms with E-state index in [0.29, 0.717) is 5.06 Å². The number of hydrogen-bond acceptors (Lipinski definition) is 4. The summed E-state index contributed by atoms with van der Waals surface area (Å²) in [5.41, 5.74) is 2.10. The van der Waals surface area contributed by atoms with Gasteiger partial charge in [-0.3, -0.25) is 4.79 Å². The summed E-state index contributed by atoms with van der Waals surface area (Å²) < 4.78 is 0. The summed E-state index contributed by atoms with van der Waals surface area (Å²) in [5.74, 6) is -0.0686. The second kappa shape index (κ2) is 4.27. The van der Waals surface area contributed by atoms with Crippen LogP contribution in [0.3, 0.4) is 0 Å². The van der Waals surface area contributed by atoms with Crippen molar-refractivity contribution < 1.29 is 9.90 Å². The summed E-state index contributed by atoms with van der Waals surface area (Å²) in [7, 11) is 0. The summed E-state index contributed by atoms with van der Waals surface area (Å²) in [4.78, 5) is 12.0. The van der Waals surface area contributed by atoms with Crippen LogP contribution in [0.4, 0.5) is 5.00 Å². The van der Waals surface area contributed by atoms with E-state index < -0.39 is 0 Å². The third-order valence-corrected chi connectivity index (χ3v) is 4.00. The average molecular weight is 253 g/mol. The molecular formula is C11H11NO2S2. The van der Waals surface area contributed by atoms with E-state index in [2.05, 4.69) is 5.32 Å². The van der Waals surface area contributed by atoms with E-state index in [1.807, 2.05) is 18.4 Å². The van der Waals surface area contributed by atoms with Crippen molar-refractivity contribution in [2.24, 2.45) is 0 Å². The van der Waals surface area contributed by atoms with Gasteiger partial charge in [-0.25, -0.2) is 0 Å². The lowest BCUT2D eigenvalue weighted by Crippen LogP contribution is -2.03. The number of anilines is 1. The molecule has 0 unspecified atom stereocenters. The fourth-order valence-electron chi connectivity index (χ4n) is 1.45. The predicted octanol–water partition coefficient (Wildman–Crippen LogP) is 3.45. The summed E-state index contributed by atoms with van der Waals surface area (Å²) >= 11 is 2.82. The Balaban J connectivity index is 2.35. The second-order valence-corrected chi connectivity index (χ2v) is 5.42. The molecule has 0 aromatic carbocycles. The van der Waals surface area contributed by atoms with Gasteiger partial charge < -0.3 is 10.4 Å². The highest BCUT2D eigenvalue weighted by atomic mass is 32.1. The highest BCUT2D eigenvalue weighted by molar-refractivity contribution is 7.20. The monoisotopic (exact) mass is 253 g/mol. The number of hydrogen-bond donors (Lipinski definition) is 2. The number of amides is 1. The zero-order valence-electron chi connectivity index (χ0n) is 8.90. The van der Waals surface area contributed by atoms with Crippen molar-refractivity contribution >= 4 is 33.6 Å². The molecule has 16 heavy (non-hydrogen) atoms. The maximum Gasteiger partial charge on any atom is 0.221 e. The first-order valence-electron chi connectivity index (χ1n) is 4.72. The van der Waals surface area contributed by atoms with Gasteiger partial charge in [0, 0.05) is 28.8 Å². The molecule has 0 atom stereocenters. The van der Waals surface area contributed by atoms with E-state index in [-0.39, 0.29) is 5.91 Å². The van der Waals surface area contributed by atoms with E-state index in [0.717, 1.165) is 21.0 Å². The van der Waals surface area contributed by atoms with Crippen LogP contribution in [0.5, 0.6) is 5.06 Å². The standard InChI is InChI=1S/C11H11NO2S2/c1-6-3-9(12-7(2)13)16-11(6)8-4-10(14)15-5-8/h3-5,14H,1-2H3,(H,12,13). The number of thiophene rings is 2. The van der Waals surface area contributed by atoms with Crippen LogP contribution in [0.1, 0.15) is 12.5 Å². The zero-order valence-corrected chi connectivity index (χ0v) is 10.5. The lowest BCUT2D eigenvalue weighted by molar-refractivity contribution is -0.114. The summed E-state index contributed by atoms with van der Waals surface area (Å²) in [6.07, 6.45) is 0. The highest BCUT2D eigenvalue weighted by Gasteiger charge is 2.10. The van der Waals surface area contributed by atoms with Crippen molar-refractivity contribution in [2.45, 2.75) is 13.8 Å². The molecule has 2 aromatic heterocycles. The van der Waals surface area contributed by atoms with Gasteiger partial charge in [0.2, 0.25) is 5.91 Å². The Hall–Kier alpha value is -1.33. The molecule has 0 spiro atoms. The number of carbonyl (C=O) groups excluding carboxylic acids is 1. The van der Waals surface area contributed by atoms with Gasteiger partial charge in [0.25, 0.3) is 0 Å². The molecule has 2 aromatic rings. The number of rotatable bonds is 2. The van der Waals surface area contributed by atoms with Crippen LogP contribution in [0, 0.1) is 6.92 Å². The summed E-state index contributed by atoms with van der Waals surface area (Å²) in [5, 5.41) is 15.1. The maximum atomic E-state index is 10.9. The fraction of sp³-hybridized carbons (Fsp3) is 0.182. The first-order chi connectivity index (χ1) is 7.56. The predicted molar refractivity (Wildman–Crippen MR) is 68.3 cm³/mol. The molecule has 84 valence electrons. The van der Waals surface area contributed by atoms with Gasteiger partial charge in [-0.15, -0.1) is 22.7 Å². The molecule has 5 heteroatoms. The molecule has 2 N–H and O–H groups in total. The Morgan fingerprint density at radius 3 is 2.75 bits per heavy atom. The molecule has 0 radical (unpaired) electrons. The molecule has 3 nitrogen and oxygen atoms in total. The molecule has 0 fully saturated rings. The molecule has 2 heterocycles.